The normalized spacial score (nSPS) is 12.4. The molecule has 0 aliphatic rings. The molecule has 0 bridgehead atoms. The van der Waals surface area contributed by atoms with E-state index in [2.05, 4.69) is 10.1 Å². The number of alkyl halides is 3. The van der Waals surface area contributed by atoms with Crippen molar-refractivity contribution >= 4 is 11.9 Å². The van der Waals surface area contributed by atoms with Crippen molar-refractivity contribution in [2.75, 3.05) is 0 Å². The van der Waals surface area contributed by atoms with E-state index < -0.39 is 30.5 Å². The van der Waals surface area contributed by atoms with E-state index >= 15 is 0 Å². The van der Waals surface area contributed by atoms with Crippen molar-refractivity contribution in [1.82, 2.24) is 5.32 Å². The number of carbonyl (C=O) groups excluding carboxylic acids is 1. The number of furan rings is 1. The van der Waals surface area contributed by atoms with Gasteiger partial charge in [0.15, 0.2) is 0 Å². The molecule has 26 heavy (non-hydrogen) atoms. The number of aryl methyl sites for hydroxylation is 1. The van der Waals surface area contributed by atoms with Crippen LogP contribution in [0.4, 0.5) is 13.2 Å². The lowest BCUT2D eigenvalue weighted by atomic mass is 10.0. The lowest BCUT2D eigenvalue weighted by Crippen LogP contribution is -2.30. The molecule has 0 radical (unpaired) electrons. The first kappa shape index (κ1) is 19.4. The molecular weight excluding hydrogens is 355 g/mol. The zero-order valence-electron chi connectivity index (χ0n) is 13.5. The Balaban J connectivity index is 2.01. The number of nitrogens with one attached hydrogen (secondary N) is 1. The topological polar surface area (TPSA) is 88.8 Å². The van der Waals surface area contributed by atoms with Gasteiger partial charge in [0.05, 0.1) is 25.0 Å². The largest absolute Gasteiger partial charge is 0.573 e. The lowest BCUT2D eigenvalue weighted by Gasteiger charge is -2.18. The zero-order valence-corrected chi connectivity index (χ0v) is 13.5. The highest BCUT2D eigenvalue weighted by molar-refractivity contribution is 5.78. The third kappa shape index (κ3) is 6.50. The number of benzene rings is 1. The predicted molar refractivity (Wildman–Crippen MR) is 83.3 cm³/mol. The third-order valence-corrected chi connectivity index (χ3v) is 3.45. The average molecular weight is 371 g/mol. The summed E-state index contributed by atoms with van der Waals surface area (Å²) >= 11 is 0. The van der Waals surface area contributed by atoms with Crippen molar-refractivity contribution in [3.8, 4) is 5.75 Å². The van der Waals surface area contributed by atoms with Crippen LogP contribution >= 0.6 is 0 Å². The number of halogens is 3. The van der Waals surface area contributed by atoms with Crippen molar-refractivity contribution in [1.29, 1.82) is 0 Å². The molecule has 0 saturated heterocycles. The van der Waals surface area contributed by atoms with Gasteiger partial charge in [-0.05, 0) is 35.7 Å². The molecule has 1 heterocycles. The van der Waals surface area contributed by atoms with Gasteiger partial charge in [-0.2, -0.15) is 0 Å². The van der Waals surface area contributed by atoms with Gasteiger partial charge in [0.2, 0.25) is 5.91 Å². The third-order valence-electron chi connectivity index (χ3n) is 3.45. The van der Waals surface area contributed by atoms with E-state index in [0.29, 0.717) is 12.0 Å². The highest BCUT2D eigenvalue weighted by atomic mass is 19.4. The Morgan fingerprint density at radius 1 is 1.19 bits per heavy atom. The van der Waals surface area contributed by atoms with Gasteiger partial charge in [0.1, 0.15) is 5.75 Å². The van der Waals surface area contributed by atoms with E-state index in [1.54, 1.807) is 6.07 Å². The van der Waals surface area contributed by atoms with Crippen molar-refractivity contribution in [2.24, 2.45) is 0 Å². The quantitative estimate of drug-likeness (QED) is 0.742. The molecule has 2 rings (SSSR count). The Labute approximate surface area is 146 Å². The number of carbonyl (C=O) groups is 2. The molecule has 2 N–H and O–H groups in total. The second-order valence-electron chi connectivity index (χ2n) is 5.47. The van der Waals surface area contributed by atoms with E-state index in [9.17, 15) is 22.8 Å². The van der Waals surface area contributed by atoms with Crippen molar-refractivity contribution in [2.45, 2.75) is 31.7 Å². The summed E-state index contributed by atoms with van der Waals surface area (Å²) in [5, 5.41) is 11.6. The number of aliphatic carboxylic acids is 1. The van der Waals surface area contributed by atoms with Crippen LogP contribution in [-0.4, -0.2) is 23.3 Å². The summed E-state index contributed by atoms with van der Waals surface area (Å²) in [5.41, 5.74) is 1.18. The van der Waals surface area contributed by atoms with Gasteiger partial charge in [-0.3, -0.25) is 9.59 Å². The maximum Gasteiger partial charge on any atom is 0.573 e. The maximum absolute atomic E-state index is 12.2. The second kappa shape index (κ2) is 8.41. The molecular formula is C17H16F3NO5. The van der Waals surface area contributed by atoms with Crippen molar-refractivity contribution in [3.63, 3.8) is 0 Å². The summed E-state index contributed by atoms with van der Waals surface area (Å²) in [4.78, 5) is 23.1. The first-order valence-corrected chi connectivity index (χ1v) is 7.61. The molecule has 0 aliphatic heterocycles. The van der Waals surface area contributed by atoms with Gasteiger partial charge in [0, 0.05) is 6.42 Å². The summed E-state index contributed by atoms with van der Waals surface area (Å²) in [6.07, 6.45) is -1.71. The molecule has 1 atom stereocenters. The van der Waals surface area contributed by atoms with E-state index in [1.807, 2.05) is 0 Å². The molecule has 1 aromatic heterocycles. The number of carboxylic acid groups (broad SMARTS) is 1. The van der Waals surface area contributed by atoms with Gasteiger partial charge in [-0.25, -0.2) is 0 Å². The summed E-state index contributed by atoms with van der Waals surface area (Å²) in [7, 11) is 0. The van der Waals surface area contributed by atoms with Crippen LogP contribution in [0.5, 0.6) is 5.75 Å². The summed E-state index contributed by atoms with van der Waals surface area (Å²) in [6, 6.07) is 5.53. The van der Waals surface area contributed by atoms with E-state index in [4.69, 9.17) is 9.52 Å². The minimum atomic E-state index is -4.82. The van der Waals surface area contributed by atoms with Crippen LogP contribution in [0.25, 0.3) is 0 Å². The van der Waals surface area contributed by atoms with Crippen molar-refractivity contribution in [3.05, 3.63) is 54.0 Å². The molecule has 1 unspecified atom stereocenters. The molecule has 140 valence electrons. The zero-order chi connectivity index (χ0) is 19.2. The Morgan fingerprint density at radius 3 is 2.42 bits per heavy atom. The van der Waals surface area contributed by atoms with E-state index in [1.165, 1.54) is 24.7 Å². The average Bonchev–Trinajstić information content (AvgIpc) is 3.04. The summed E-state index contributed by atoms with van der Waals surface area (Å²) < 4.78 is 45.2. The molecule has 9 heteroatoms. The molecule has 0 spiro atoms. The Hall–Kier alpha value is -2.97. The smallest absolute Gasteiger partial charge is 0.481 e. The fourth-order valence-corrected chi connectivity index (χ4v) is 2.29. The van der Waals surface area contributed by atoms with E-state index in [0.717, 1.165) is 17.7 Å². The Morgan fingerprint density at radius 2 is 1.88 bits per heavy atom. The molecule has 6 nitrogen and oxygen atoms in total. The molecule has 2 aromatic rings. The highest BCUT2D eigenvalue weighted by Crippen LogP contribution is 2.25. The molecule has 1 aromatic carbocycles. The van der Waals surface area contributed by atoms with Crippen LogP contribution < -0.4 is 10.1 Å². The van der Waals surface area contributed by atoms with E-state index in [-0.39, 0.29) is 12.3 Å². The molecule has 0 saturated carbocycles. The van der Waals surface area contributed by atoms with Gasteiger partial charge >= 0.3 is 12.3 Å². The minimum absolute atomic E-state index is 0.116. The molecule has 0 fully saturated rings. The lowest BCUT2D eigenvalue weighted by molar-refractivity contribution is -0.274. The number of amides is 1. The SMILES string of the molecule is O=C(O)CC(NC(=O)CCc1ccoc1)c1ccc(OC(F)(F)F)cc1. The van der Waals surface area contributed by atoms with Crippen LogP contribution in [0, 0.1) is 0 Å². The first-order valence-electron chi connectivity index (χ1n) is 7.61. The minimum Gasteiger partial charge on any atom is -0.481 e. The second-order valence-corrected chi connectivity index (χ2v) is 5.47. The first-order chi connectivity index (χ1) is 12.2. The number of hydrogen-bond donors (Lipinski definition) is 2. The number of carboxylic acids is 1. The number of ether oxygens (including phenoxy) is 1. The highest BCUT2D eigenvalue weighted by Gasteiger charge is 2.31. The van der Waals surface area contributed by atoms with Crippen LogP contribution in [0.15, 0.2) is 47.3 Å². The van der Waals surface area contributed by atoms with Crippen LogP contribution in [0.3, 0.4) is 0 Å². The van der Waals surface area contributed by atoms with Crippen LogP contribution in [0.2, 0.25) is 0 Å². The monoisotopic (exact) mass is 371 g/mol. The van der Waals surface area contributed by atoms with Crippen molar-refractivity contribution < 1.29 is 37.0 Å². The van der Waals surface area contributed by atoms with Gasteiger partial charge in [-0.1, -0.05) is 12.1 Å². The Kier molecular flexibility index (Phi) is 6.26. The fourth-order valence-electron chi connectivity index (χ4n) is 2.29. The van der Waals surface area contributed by atoms with Crippen LogP contribution in [-0.2, 0) is 16.0 Å². The van der Waals surface area contributed by atoms with Crippen LogP contribution in [0.1, 0.15) is 30.0 Å². The van der Waals surface area contributed by atoms with Gasteiger partial charge in [-0.15, -0.1) is 13.2 Å². The standard InChI is InChI=1S/C17H16F3NO5/c18-17(19,20)26-13-4-2-12(3-5-13)14(9-16(23)24)21-15(22)6-1-11-7-8-25-10-11/h2-5,7-8,10,14H,1,6,9H2,(H,21,22)(H,23,24). The maximum atomic E-state index is 12.2. The molecule has 0 aliphatic carbocycles. The summed E-state index contributed by atoms with van der Waals surface area (Å²) in [6.45, 7) is 0. The molecule has 1 amide bonds. The fraction of sp³-hybridized carbons (Fsp3) is 0.294. The Bertz CT molecular complexity index is 726. The van der Waals surface area contributed by atoms with Gasteiger partial charge < -0.3 is 19.6 Å². The number of hydrogen-bond acceptors (Lipinski definition) is 4. The summed E-state index contributed by atoms with van der Waals surface area (Å²) in [5.74, 6) is -1.96. The number of rotatable bonds is 8. The van der Waals surface area contributed by atoms with Gasteiger partial charge in [0.25, 0.3) is 0 Å². The predicted octanol–water partition coefficient (Wildman–Crippen LogP) is 3.44.